The molecule has 1 unspecified atom stereocenters. The molecular formula is C10H13N3OS. The number of hydrogen-bond acceptors (Lipinski definition) is 4. The summed E-state index contributed by atoms with van der Waals surface area (Å²) in [5.74, 6) is 0.832. The summed E-state index contributed by atoms with van der Waals surface area (Å²) in [5, 5.41) is 16.0. The van der Waals surface area contributed by atoms with Crippen LogP contribution in [-0.4, -0.2) is 19.9 Å². The van der Waals surface area contributed by atoms with E-state index in [9.17, 15) is 5.11 Å². The second-order valence-electron chi connectivity index (χ2n) is 3.23. The van der Waals surface area contributed by atoms with Crippen molar-refractivity contribution in [2.45, 2.75) is 26.0 Å². The third-order valence-electron chi connectivity index (χ3n) is 2.24. The molecule has 0 aromatic carbocycles. The number of nitrogens with zero attached hydrogens (tertiary/aromatic N) is 3. The van der Waals surface area contributed by atoms with Crippen LogP contribution in [0, 0.1) is 0 Å². The fourth-order valence-corrected chi connectivity index (χ4v) is 2.18. The lowest BCUT2D eigenvalue weighted by molar-refractivity contribution is 0.178. The number of aliphatic hydroxyl groups excluding tert-OH is 1. The number of aromatic nitrogens is 3. The van der Waals surface area contributed by atoms with Crippen molar-refractivity contribution >= 4 is 11.3 Å². The molecule has 2 rings (SSSR count). The Balaban J connectivity index is 2.09. The lowest BCUT2D eigenvalue weighted by atomic mass is 10.2. The zero-order chi connectivity index (χ0) is 10.7. The van der Waals surface area contributed by atoms with Crippen molar-refractivity contribution in [1.82, 2.24) is 14.8 Å². The average Bonchev–Trinajstić information content (AvgIpc) is 2.87. The van der Waals surface area contributed by atoms with Crippen LogP contribution in [0.2, 0.25) is 0 Å². The van der Waals surface area contributed by atoms with E-state index < -0.39 is 6.10 Å². The van der Waals surface area contributed by atoms with Gasteiger partial charge in [-0.25, -0.2) is 4.98 Å². The molecule has 5 heteroatoms. The maximum Gasteiger partial charge on any atom is 0.138 e. The Morgan fingerprint density at radius 2 is 2.47 bits per heavy atom. The van der Waals surface area contributed by atoms with Gasteiger partial charge >= 0.3 is 0 Å². The van der Waals surface area contributed by atoms with Gasteiger partial charge in [0.25, 0.3) is 0 Å². The molecule has 2 aromatic heterocycles. The monoisotopic (exact) mass is 223 g/mol. The van der Waals surface area contributed by atoms with E-state index in [2.05, 4.69) is 10.1 Å². The first-order valence-electron chi connectivity index (χ1n) is 4.89. The quantitative estimate of drug-likeness (QED) is 0.857. The van der Waals surface area contributed by atoms with E-state index >= 15 is 0 Å². The van der Waals surface area contributed by atoms with Gasteiger partial charge in [-0.1, -0.05) is 6.07 Å². The molecule has 1 atom stereocenters. The number of rotatable bonds is 4. The molecule has 0 spiro atoms. The van der Waals surface area contributed by atoms with E-state index in [0.717, 1.165) is 17.2 Å². The summed E-state index contributed by atoms with van der Waals surface area (Å²) >= 11 is 1.56. The molecule has 0 saturated heterocycles. The van der Waals surface area contributed by atoms with Gasteiger partial charge in [-0.2, -0.15) is 5.10 Å². The van der Waals surface area contributed by atoms with Gasteiger partial charge in [0, 0.05) is 17.8 Å². The molecule has 0 radical (unpaired) electrons. The van der Waals surface area contributed by atoms with Crippen molar-refractivity contribution in [1.29, 1.82) is 0 Å². The van der Waals surface area contributed by atoms with E-state index in [1.54, 1.807) is 16.0 Å². The topological polar surface area (TPSA) is 50.9 Å². The summed E-state index contributed by atoms with van der Waals surface area (Å²) < 4.78 is 1.80. The maximum absolute atomic E-state index is 9.93. The Bertz CT molecular complexity index is 410. The fourth-order valence-electron chi connectivity index (χ4n) is 1.46. The molecule has 0 saturated carbocycles. The Hall–Kier alpha value is -1.20. The van der Waals surface area contributed by atoms with Gasteiger partial charge in [-0.3, -0.25) is 4.68 Å². The molecule has 2 aromatic rings. The van der Waals surface area contributed by atoms with Crippen LogP contribution in [0.5, 0.6) is 0 Å². The van der Waals surface area contributed by atoms with Gasteiger partial charge in [-0.05, 0) is 18.4 Å². The van der Waals surface area contributed by atoms with Gasteiger partial charge in [0.1, 0.15) is 12.2 Å². The number of hydrogen-bond donors (Lipinski definition) is 1. The molecule has 15 heavy (non-hydrogen) atoms. The van der Waals surface area contributed by atoms with Crippen molar-refractivity contribution in [2.24, 2.45) is 0 Å². The van der Waals surface area contributed by atoms with Gasteiger partial charge in [0.05, 0.1) is 6.10 Å². The molecule has 0 aliphatic carbocycles. The molecule has 0 fully saturated rings. The van der Waals surface area contributed by atoms with Crippen molar-refractivity contribution < 1.29 is 5.11 Å². The number of thiophene rings is 1. The third kappa shape index (κ3) is 2.24. The molecule has 4 nitrogen and oxygen atoms in total. The Labute approximate surface area is 92.2 Å². The van der Waals surface area contributed by atoms with Crippen LogP contribution in [0.25, 0.3) is 0 Å². The van der Waals surface area contributed by atoms with Crippen LogP contribution in [0.15, 0.2) is 23.8 Å². The molecule has 80 valence electrons. The summed E-state index contributed by atoms with van der Waals surface area (Å²) in [5.41, 5.74) is 0. The maximum atomic E-state index is 9.93. The van der Waals surface area contributed by atoms with E-state index in [-0.39, 0.29) is 0 Å². The van der Waals surface area contributed by atoms with Gasteiger partial charge in [0.2, 0.25) is 0 Å². The third-order valence-corrected chi connectivity index (χ3v) is 3.22. The van der Waals surface area contributed by atoms with E-state index in [1.807, 2.05) is 24.4 Å². The van der Waals surface area contributed by atoms with Crippen molar-refractivity contribution in [2.75, 3.05) is 0 Å². The number of aliphatic hydroxyl groups is 1. The van der Waals surface area contributed by atoms with Crippen LogP contribution in [0.4, 0.5) is 0 Å². The zero-order valence-corrected chi connectivity index (χ0v) is 9.31. The minimum absolute atomic E-state index is 0.473. The molecule has 0 bridgehead atoms. The highest BCUT2D eigenvalue weighted by Gasteiger charge is 2.13. The van der Waals surface area contributed by atoms with Crippen LogP contribution >= 0.6 is 11.3 Å². The Kier molecular flexibility index (Phi) is 3.13. The highest BCUT2D eigenvalue weighted by molar-refractivity contribution is 7.10. The highest BCUT2D eigenvalue weighted by Crippen LogP contribution is 2.21. The predicted octanol–water partition coefficient (Wildman–Crippen LogP) is 1.64. The van der Waals surface area contributed by atoms with Crippen LogP contribution in [0.3, 0.4) is 0 Å². The Morgan fingerprint density at radius 1 is 1.60 bits per heavy atom. The largest absolute Gasteiger partial charge is 0.387 e. The predicted molar refractivity (Wildman–Crippen MR) is 58.7 cm³/mol. The standard InChI is InChI=1S/C10H13N3OS/c1-2-13-10(11-7-12-13)6-8(14)9-4-3-5-15-9/h3-5,7-8,14H,2,6H2,1H3. The lowest BCUT2D eigenvalue weighted by Gasteiger charge is -2.08. The summed E-state index contributed by atoms with van der Waals surface area (Å²) in [6.07, 6.45) is 1.58. The van der Waals surface area contributed by atoms with E-state index in [4.69, 9.17) is 0 Å². The molecule has 0 amide bonds. The van der Waals surface area contributed by atoms with Gasteiger partial charge in [-0.15, -0.1) is 11.3 Å². The Morgan fingerprint density at radius 3 is 3.13 bits per heavy atom. The van der Waals surface area contributed by atoms with E-state index in [1.165, 1.54) is 6.33 Å². The lowest BCUT2D eigenvalue weighted by Crippen LogP contribution is -2.08. The molecule has 0 aliphatic heterocycles. The number of aryl methyl sites for hydroxylation is 1. The van der Waals surface area contributed by atoms with Crippen molar-refractivity contribution in [3.8, 4) is 0 Å². The first-order valence-corrected chi connectivity index (χ1v) is 5.77. The van der Waals surface area contributed by atoms with Crippen molar-refractivity contribution in [3.05, 3.63) is 34.5 Å². The molecule has 2 heterocycles. The minimum Gasteiger partial charge on any atom is -0.387 e. The molecule has 1 N–H and O–H groups in total. The minimum atomic E-state index is -0.473. The van der Waals surface area contributed by atoms with Gasteiger partial charge in [0.15, 0.2) is 0 Å². The van der Waals surface area contributed by atoms with Gasteiger partial charge < -0.3 is 5.11 Å². The summed E-state index contributed by atoms with van der Waals surface area (Å²) in [6.45, 7) is 2.79. The fraction of sp³-hybridized carbons (Fsp3) is 0.400. The average molecular weight is 223 g/mol. The zero-order valence-electron chi connectivity index (χ0n) is 8.50. The van der Waals surface area contributed by atoms with Crippen LogP contribution in [0.1, 0.15) is 23.7 Å². The second-order valence-corrected chi connectivity index (χ2v) is 4.21. The summed E-state index contributed by atoms with van der Waals surface area (Å²) in [4.78, 5) is 5.11. The summed E-state index contributed by atoms with van der Waals surface area (Å²) in [6, 6.07) is 3.87. The summed E-state index contributed by atoms with van der Waals surface area (Å²) in [7, 11) is 0. The first kappa shape index (κ1) is 10.3. The van der Waals surface area contributed by atoms with Crippen LogP contribution in [-0.2, 0) is 13.0 Å². The van der Waals surface area contributed by atoms with Crippen molar-refractivity contribution in [3.63, 3.8) is 0 Å². The van der Waals surface area contributed by atoms with Crippen LogP contribution < -0.4 is 0 Å². The smallest absolute Gasteiger partial charge is 0.138 e. The first-order chi connectivity index (χ1) is 7.31. The molecule has 0 aliphatic rings. The molecular weight excluding hydrogens is 210 g/mol. The second kappa shape index (κ2) is 4.55. The SMILES string of the molecule is CCn1ncnc1CC(O)c1cccs1. The normalized spacial score (nSPS) is 12.9. The highest BCUT2D eigenvalue weighted by atomic mass is 32.1. The van der Waals surface area contributed by atoms with E-state index in [0.29, 0.717) is 6.42 Å².